The van der Waals surface area contributed by atoms with Crippen LogP contribution < -0.4 is 11.1 Å². The maximum atomic E-state index is 11.8. The van der Waals surface area contributed by atoms with Gasteiger partial charge in [-0.2, -0.15) is 0 Å². The van der Waals surface area contributed by atoms with E-state index < -0.39 is 5.92 Å². The lowest BCUT2D eigenvalue weighted by molar-refractivity contribution is -0.142. The molecule has 0 heterocycles. The van der Waals surface area contributed by atoms with Crippen molar-refractivity contribution in [2.75, 3.05) is 20.2 Å². The number of rotatable bonds is 6. The van der Waals surface area contributed by atoms with E-state index in [9.17, 15) is 9.59 Å². The molecular formula is C14H21ClN2O3. The molecule has 112 valence electrons. The van der Waals surface area contributed by atoms with Crippen molar-refractivity contribution in [1.29, 1.82) is 0 Å². The highest BCUT2D eigenvalue weighted by Crippen LogP contribution is 2.16. The topological polar surface area (TPSA) is 81.4 Å². The zero-order valence-corrected chi connectivity index (χ0v) is 12.5. The first kappa shape index (κ1) is 18.4. The number of hydrogen-bond donors (Lipinski definition) is 2. The molecule has 0 bridgehead atoms. The van der Waals surface area contributed by atoms with Crippen LogP contribution in [0.15, 0.2) is 30.3 Å². The Bertz CT molecular complexity index is 426. The van der Waals surface area contributed by atoms with E-state index in [2.05, 4.69) is 5.32 Å². The second-order valence-corrected chi connectivity index (χ2v) is 4.37. The van der Waals surface area contributed by atoms with E-state index >= 15 is 0 Å². The monoisotopic (exact) mass is 300 g/mol. The molecule has 0 aliphatic carbocycles. The van der Waals surface area contributed by atoms with Gasteiger partial charge in [0, 0.05) is 19.0 Å². The van der Waals surface area contributed by atoms with Gasteiger partial charge in [-0.25, -0.2) is 0 Å². The number of carbonyl (C=O) groups excluding carboxylic acids is 2. The van der Waals surface area contributed by atoms with Gasteiger partial charge in [0.2, 0.25) is 5.91 Å². The van der Waals surface area contributed by atoms with Crippen molar-refractivity contribution in [2.45, 2.75) is 12.8 Å². The van der Waals surface area contributed by atoms with Crippen LogP contribution in [0.2, 0.25) is 0 Å². The quantitative estimate of drug-likeness (QED) is 0.770. The molecule has 0 aliphatic heterocycles. The second-order valence-electron chi connectivity index (χ2n) is 4.37. The Morgan fingerprint density at radius 3 is 2.40 bits per heavy atom. The molecule has 1 rings (SSSR count). The molecule has 2 unspecified atom stereocenters. The Labute approximate surface area is 125 Å². The van der Waals surface area contributed by atoms with Crippen LogP contribution in [0.5, 0.6) is 0 Å². The van der Waals surface area contributed by atoms with E-state index in [1.807, 2.05) is 30.3 Å². The fraction of sp³-hybridized carbons (Fsp3) is 0.429. The minimum absolute atomic E-state index is 0. The lowest BCUT2D eigenvalue weighted by atomic mass is 9.99. The number of halogens is 1. The van der Waals surface area contributed by atoms with Gasteiger partial charge in [0.15, 0.2) is 0 Å². The van der Waals surface area contributed by atoms with Gasteiger partial charge in [-0.3, -0.25) is 9.59 Å². The standard InChI is InChI=1S/C14H20N2O3.ClH/c1-10(8-15)13(17)16-9-12(14(18)19-2)11-6-4-3-5-7-11;/h3-7,10,12H,8-9,15H2,1-2H3,(H,16,17);1H. The zero-order chi connectivity index (χ0) is 14.3. The summed E-state index contributed by atoms with van der Waals surface area (Å²) in [7, 11) is 1.34. The number of esters is 1. The van der Waals surface area contributed by atoms with Crippen LogP contribution in [0.1, 0.15) is 18.4 Å². The average molecular weight is 301 g/mol. The Balaban J connectivity index is 0.00000361. The van der Waals surface area contributed by atoms with Crippen LogP contribution in [0.25, 0.3) is 0 Å². The summed E-state index contributed by atoms with van der Waals surface area (Å²) >= 11 is 0. The lowest BCUT2D eigenvalue weighted by Crippen LogP contribution is -2.37. The summed E-state index contributed by atoms with van der Waals surface area (Å²) < 4.78 is 4.77. The number of nitrogens with one attached hydrogen (secondary N) is 1. The van der Waals surface area contributed by atoms with Gasteiger partial charge < -0.3 is 15.8 Å². The molecule has 0 aliphatic rings. The van der Waals surface area contributed by atoms with Crippen molar-refractivity contribution in [1.82, 2.24) is 5.32 Å². The number of amides is 1. The summed E-state index contributed by atoms with van der Waals surface area (Å²) in [6, 6.07) is 9.22. The molecule has 0 saturated carbocycles. The molecule has 5 nitrogen and oxygen atoms in total. The Kier molecular flexibility index (Phi) is 8.59. The summed E-state index contributed by atoms with van der Waals surface area (Å²) in [4.78, 5) is 23.4. The third kappa shape index (κ3) is 5.19. The predicted molar refractivity (Wildman–Crippen MR) is 79.7 cm³/mol. The third-order valence-corrected chi connectivity index (χ3v) is 2.97. The van der Waals surface area contributed by atoms with E-state index in [0.29, 0.717) is 0 Å². The molecule has 20 heavy (non-hydrogen) atoms. The maximum absolute atomic E-state index is 11.8. The Morgan fingerprint density at radius 2 is 1.90 bits per heavy atom. The SMILES string of the molecule is COC(=O)C(CNC(=O)C(C)CN)c1ccccc1.Cl. The Hall–Kier alpha value is -1.59. The molecule has 1 amide bonds. The highest BCUT2D eigenvalue weighted by Gasteiger charge is 2.22. The number of hydrogen-bond acceptors (Lipinski definition) is 4. The van der Waals surface area contributed by atoms with Crippen molar-refractivity contribution < 1.29 is 14.3 Å². The molecule has 1 aromatic carbocycles. The molecule has 6 heteroatoms. The van der Waals surface area contributed by atoms with Crippen LogP contribution in [-0.2, 0) is 14.3 Å². The molecule has 1 aromatic rings. The summed E-state index contributed by atoms with van der Waals surface area (Å²) in [5, 5.41) is 2.73. The van der Waals surface area contributed by atoms with Crippen LogP contribution in [0, 0.1) is 5.92 Å². The van der Waals surface area contributed by atoms with Crippen LogP contribution in [-0.4, -0.2) is 32.1 Å². The molecule has 0 radical (unpaired) electrons. The van der Waals surface area contributed by atoms with Gasteiger partial charge in [-0.1, -0.05) is 37.3 Å². The second kappa shape index (κ2) is 9.34. The number of benzene rings is 1. The summed E-state index contributed by atoms with van der Waals surface area (Å²) in [6.07, 6.45) is 0. The van der Waals surface area contributed by atoms with Crippen LogP contribution in [0.4, 0.5) is 0 Å². The number of ether oxygens (including phenoxy) is 1. The van der Waals surface area contributed by atoms with Gasteiger partial charge >= 0.3 is 5.97 Å². The first-order valence-corrected chi connectivity index (χ1v) is 6.20. The third-order valence-electron chi connectivity index (χ3n) is 2.97. The average Bonchev–Trinajstić information content (AvgIpc) is 2.47. The van der Waals surface area contributed by atoms with Gasteiger partial charge in [-0.15, -0.1) is 12.4 Å². The normalized spacial score (nSPS) is 12.8. The largest absolute Gasteiger partial charge is 0.468 e. The van der Waals surface area contributed by atoms with Crippen LogP contribution >= 0.6 is 12.4 Å². The van der Waals surface area contributed by atoms with Crippen molar-refractivity contribution in [3.8, 4) is 0 Å². The van der Waals surface area contributed by atoms with E-state index in [1.54, 1.807) is 6.92 Å². The lowest BCUT2D eigenvalue weighted by Gasteiger charge is -2.17. The van der Waals surface area contributed by atoms with Crippen LogP contribution in [0.3, 0.4) is 0 Å². The first-order chi connectivity index (χ1) is 9.10. The fourth-order valence-corrected chi connectivity index (χ4v) is 1.65. The molecule has 0 fully saturated rings. The van der Waals surface area contributed by atoms with E-state index in [4.69, 9.17) is 10.5 Å². The molecule has 0 aromatic heterocycles. The van der Waals surface area contributed by atoms with E-state index in [-0.39, 0.29) is 43.3 Å². The van der Waals surface area contributed by atoms with Gasteiger partial charge in [0.05, 0.1) is 13.0 Å². The van der Waals surface area contributed by atoms with Crippen molar-refractivity contribution in [3.63, 3.8) is 0 Å². The summed E-state index contributed by atoms with van der Waals surface area (Å²) in [5.74, 6) is -1.30. The minimum atomic E-state index is -0.500. The number of methoxy groups -OCH3 is 1. The molecular weight excluding hydrogens is 280 g/mol. The van der Waals surface area contributed by atoms with Gasteiger partial charge in [-0.05, 0) is 5.56 Å². The van der Waals surface area contributed by atoms with Gasteiger partial charge in [0.25, 0.3) is 0 Å². The molecule has 0 spiro atoms. The van der Waals surface area contributed by atoms with E-state index in [0.717, 1.165) is 5.56 Å². The predicted octanol–water partition coefficient (Wildman–Crippen LogP) is 1.08. The molecule has 3 N–H and O–H groups in total. The summed E-state index contributed by atoms with van der Waals surface area (Å²) in [5.41, 5.74) is 6.24. The highest BCUT2D eigenvalue weighted by atomic mass is 35.5. The summed E-state index contributed by atoms with van der Waals surface area (Å²) in [6.45, 7) is 2.23. The number of nitrogens with two attached hydrogens (primary N) is 1. The van der Waals surface area contributed by atoms with E-state index in [1.165, 1.54) is 7.11 Å². The highest BCUT2D eigenvalue weighted by molar-refractivity contribution is 5.85. The smallest absolute Gasteiger partial charge is 0.314 e. The van der Waals surface area contributed by atoms with Crippen molar-refractivity contribution in [2.24, 2.45) is 11.7 Å². The van der Waals surface area contributed by atoms with Crippen molar-refractivity contribution >= 4 is 24.3 Å². The maximum Gasteiger partial charge on any atom is 0.314 e. The van der Waals surface area contributed by atoms with Crippen molar-refractivity contribution in [3.05, 3.63) is 35.9 Å². The number of carbonyl (C=O) groups is 2. The molecule has 2 atom stereocenters. The first-order valence-electron chi connectivity index (χ1n) is 6.20. The zero-order valence-electron chi connectivity index (χ0n) is 11.7. The molecule has 0 saturated heterocycles. The Morgan fingerprint density at radius 1 is 1.30 bits per heavy atom. The van der Waals surface area contributed by atoms with Gasteiger partial charge in [0.1, 0.15) is 0 Å². The minimum Gasteiger partial charge on any atom is -0.468 e. The fourth-order valence-electron chi connectivity index (χ4n) is 1.65.